The minimum absolute atomic E-state index is 0.0542. The third-order valence-electron chi connectivity index (χ3n) is 5.22. The molecule has 2 amide bonds. The Morgan fingerprint density at radius 1 is 1.11 bits per heavy atom. The van der Waals surface area contributed by atoms with Crippen molar-refractivity contribution in [1.29, 1.82) is 0 Å². The Hall–Kier alpha value is -2.89. The van der Waals surface area contributed by atoms with Crippen LogP contribution in [0, 0.1) is 16.0 Å². The van der Waals surface area contributed by atoms with Gasteiger partial charge >= 0.3 is 0 Å². The maximum absolute atomic E-state index is 13.5. The lowest BCUT2D eigenvalue weighted by Crippen LogP contribution is -2.51. The lowest BCUT2D eigenvalue weighted by Gasteiger charge is -2.31. The summed E-state index contributed by atoms with van der Waals surface area (Å²) in [6.45, 7) is 4.96. The molecule has 2 aromatic carbocycles. The molecule has 0 aliphatic heterocycles. The van der Waals surface area contributed by atoms with Gasteiger partial charge in [0.2, 0.25) is 21.8 Å². The number of hydrogen-bond donors (Lipinski definition) is 1. The van der Waals surface area contributed by atoms with Gasteiger partial charge in [0.25, 0.3) is 5.69 Å². The molecule has 1 atom stereocenters. The fourth-order valence-electron chi connectivity index (χ4n) is 3.24. The highest BCUT2D eigenvalue weighted by Crippen LogP contribution is 2.26. The van der Waals surface area contributed by atoms with E-state index in [2.05, 4.69) is 5.32 Å². The molecule has 1 N–H and O–H groups in total. The lowest BCUT2D eigenvalue weighted by atomic mass is 10.1. The van der Waals surface area contributed by atoms with E-state index in [0.29, 0.717) is 17.1 Å². The van der Waals surface area contributed by atoms with E-state index in [-0.39, 0.29) is 28.9 Å². The molecule has 0 fully saturated rings. The van der Waals surface area contributed by atoms with Crippen molar-refractivity contribution in [3.63, 3.8) is 0 Å². The van der Waals surface area contributed by atoms with E-state index in [1.807, 2.05) is 13.8 Å². The fraction of sp³-hybridized carbons (Fsp3) is 0.391. The molecule has 0 aromatic heterocycles. The summed E-state index contributed by atoms with van der Waals surface area (Å²) in [4.78, 5) is 38.1. The van der Waals surface area contributed by atoms with Gasteiger partial charge in [-0.25, -0.2) is 8.42 Å². The maximum atomic E-state index is 13.5. The molecule has 0 aliphatic rings. The number of nitro groups is 1. The number of halogens is 2. The Bertz CT molecular complexity index is 1240. The highest BCUT2D eigenvalue weighted by Gasteiger charge is 2.31. The monoisotopic (exact) mass is 558 g/mol. The first-order valence-corrected chi connectivity index (χ1v) is 13.5. The molecule has 0 heterocycles. The van der Waals surface area contributed by atoms with E-state index in [9.17, 15) is 28.1 Å². The zero-order valence-corrected chi connectivity index (χ0v) is 22.6. The number of nitro benzene ring substituents is 1. The molecular formula is C23H28Cl2N4O6S. The summed E-state index contributed by atoms with van der Waals surface area (Å²) < 4.78 is 25.9. The Labute approximate surface area is 220 Å². The second-order valence-electron chi connectivity index (χ2n) is 8.62. The number of benzene rings is 2. The Morgan fingerprint density at radius 2 is 1.78 bits per heavy atom. The van der Waals surface area contributed by atoms with Crippen LogP contribution in [0.15, 0.2) is 42.5 Å². The summed E-state index contributed by atoms with van der Waals surface area (Å²) >= 11 is 12.3. The van der Waals surface area contributed by atoms with Crippen molar-refractivity contribution in [3.05, 3.63) is 68.2 Å². The standard InChI is InChI=1S/C23H28Cl2N4O6S/c1-15(2)12-26-23(31)16(3)27(13-17-8-9-18(24)10-21(17)25)22(30)14-28(36(4,34)35)19-6-5-7-20(11-19)29(32)33/h5-11,15-16H,12-14H2,1-4H3,(H,26,31). The molecule has 13 heteroatoms. The highest BCUT2D eigenvalue weighted by atomic mass is 35.5. The van der Waals surface area contributed by atoms with Gasteiger partial charge in [0.1, 0.15) is 12.6 Å². The number of carbonyl (C=O) groups is 2. The zero-order valence-electron chi connectivity index (χ0n) is 20.3. The molecule has 196 valence electrons. The number of carbonyl (C=O) groups excluding carboxylic acids is 2. The molecule has 2 aromatic rings. The van der Waals surface area contributed by atoms with Gasteiger partial charge in [-0.1, -0.05) is 49.2 Å². The SMILES string of the molecule is CC(C)CNC(=O)C(C)N(Cc1ccc(Cl)cc1Cl)C(=O)CN(c1cccc([N+](=O)[O-])c1)S(C)(=O)=O. The van der Waals surface area contributed by atoms with Crippen LogP contribution in [0.2, 0.25) is 10.0 Å². The van der Waals surface area contributed by atoms with Crippen LogP contribution in [0.5, 0.6) is 0 Å². The molecule has 0 aliphatic carbocycles. The fourth-order valence-corrected chi connectivity index (χ4v) is 4.55. The topological polar surface area (TPSA) is 130 Å². The second kappa shape index (κ2) is 12.4. The van der Waals surface area contributed by atoms with Crippen LogP contribution in [-0.4, -0.2) is 55.4 Å². The molecule has 1 unspecified atom stereocenters. The van der Waals surface area contributed by atoms with E-state index in [1.54, 1.807) is 12.1 Å². The van der Waals surface area contributed by atoms with Crippen molar-refractivity contribution < 1.29 is 22.9 Å². The van der Waals surface area contributed by atoms with Gasteiger partial charge in [0, 0.05) is 35.3 Å². The number of hydrogen-bond acceptors (Lipinski definition) is 6. The quantitative estimate of drug-likeness (QED) is 0.329. The Balaban J connectivity index is 2.44. The van der Waals surface area contributed by atoms with Crippen LogP contribution in [0.4, 0.5) is 11.4 Å². The van der Waals surface area contributed by atoms with Crippen LogP contribution < -0.4 is 9.62 Å². The Morgan fingerprint density at radius 3 is 2.33 bits per heavy atom. The molecule has 0 saturated heterocycles. The minimum atomic E-state index is -4.02. The van der Waals surface area contributed by atoms with Crippen LogP contribution >= 0.6 is 23.2 Å². The molecular weight excluding hydrogens is 531 g/mol. The second-order valence-corrected chi connectivity index (χ2v) is 11.4. The van der Waals surface area contributed by atoms with E-state index in [1.165, 1.54) is 36.1 Å². The Kier molecular flexibility index (Phi) is 10.1. The molecule has 36 heavy (non-hydrogen) atoms. The predicted octanol–water partition coefficient (Wildman–Crippen LogP) is 3.86. The normalized spacial score (nSPS) is 12.2. The van der Waals surface area contributed by atoms with Crippen LogP contribution in [-0.2, 0) is 26.2 Å². The van der Waals surface area contributed by atoms with E-state index in [0.717, 1.165) is 16.6 Å². The zero-order chi connectivity index (χ0) is 27.2. The van der Waals surface area contributed by atoms with Gasteiger partial charge in [0.05, 0.1) is 16.9 Å². The first kappa shape index (κ1) is 29.3. The van der Waals surface area contributed by atoms with E-state index >= 15 is 0 Å². The van der Waals surface area contributed by atoms with Gasteiger partial charge in [-0.05, 0) is 36.6 Å². The highest BCUT2D eigenvalue weighted by molar-refractivity contribution is 7.92. The number of sulfonamides is 1. The molecule has 0 saturated carbocycles. The summed E-state index contributed by atoms with van der Waals surface area (Å²) in [5.74, 6) is -0.959. The summed E-state index contributed by atoms with van der Waals surface area (Å²) in [5, 5.41) is 14.6. The first-order valence-electron chi connectivity index (χ1n) is 10.9. The van der Waals surface area contributed by atoms with Crippen molar-refractivity contribution in [3.8, 4) is 0 Å². The number of nitrogens with one attached hydrogen (secondary N) is 1. The van der Waals surface area contributed by atoms with Crippen molar-refractivity contribution in [2.24, 2.45) is 5.92 Å². The summed E-state index contributed by atoms with van der Waals surface area (Å²) in [6, 6.07) is 8.66. The smallest absolute Gasteiger partial charge is 0.271 e. The summed E-state index contributed by atoms with van der Waals surface area (Å²) in [5.41, 5.74) is 0.112. The summed E-state index contributed by atoms with van der Waals surface area (Å²) in [7, 11) is -4.02. The molecule has 0 spiro atoms. The van der Waals surface area contributed by atoms with Crippen LogP contribution in [0.1, 0.15) is 26.3 Å². The van der Waals surface area contributed by atoms with Gasteiger partial charge in [-0.2, -0.15) is 0 Å². The minimum Gasteiger partial charge on any atom is -0.354 e. The third kappa shape index (κ3) is 8.07. The largest absolute Gasteiger partial charge is 0.354 e. The number of nitrogens with zero attached hydrogens (tertiary/aromatic N) is 3. The van der Waals surface area contributed by atoms with E-state index < -0.39 is 39.3 Å². The number of anilines is 1. The van der Waals surface area contributed by atoms with Crippen molar-refractivity contribution in [2.45, 2.75) is 33.4 Å². The van der Waals surface area contributed by atoms with Gasteiger partial charge in [-0.3, -0.25) is 24.0 Å². The number of amides is 2. The van der Waals surface area contributed by atoms with Gasteiger partial charge < -0.3 is 10.2 Å². The van der Waals surface area contributed by atoms with E-state index in [4.69, 9.17) is 23.2 Å². The molecule has 0 bridgehead atoms. The van der Waals surface area contributed by atoms with Crippen molar-refractivity contribution in [2.75, 3.05) is 23.7 Å². The summed E-state index contributed by atoms with van der Waals surface area (Å²) in [6.07, 6.45) is 0.887. The number of non-ortho nitro benzene ring substituents is 1. The first-order chi connectivity index (χ1) is 16.7. The molecule has 2 rings (SSSR count). The van der Waals surface area contributed by atoms with Crippen molar-refractivity contribution in [1.82, 2.24) is 10.2 Å². The average Bonchev–Trinajstić information content (AvgIpc) is 2.79. The number of rotatable bonds is 11. The van der Waals surface area contributed by atoms with Gasteiger partial charge in [0.15, 0.2) is 0 Å². The van der Waals surface area contributed by atoms with Crippen molar-refractivity contribution >= 4 is 56.4 Å². The van der Waals surface area contributed by atoms with Gasteiger partial charge in [-0.15, -0.1) is 0 Å². The third-order valence-corrected chi connectivity index (χ3v) is 6.94. The van der Waals surface area contributed by atoms with Crippen LogP contribution in [0.25, 0.3) is 0 Å². The molecule has 10 nitrogen and oxygen atoms in total. The maximum Gasteiger partial charge on any atom is 0.271 e. The predicted molar refractivity (Wildman–Crippen MR) is 140 cm³/mol. The lowest BCUT2D eigenvalue weighted by molar-refractivity contribution is -0.384. The average molecular weight is 559 g/mol. The van der Waals surface area contributed by atoms with Crippen LogP contribution in [0.3, 0.4) is 0 Å². The molecule has 0 radical (unpaired) electrons.